The zero-order chi connectivity index (χ0) is 7.56. The van der Waals surface area contributed by atoms with E-state index in [1.807, 2.05) is 0 Å². The number of nitrogens with zero attached hydrogens (tertiary/aromatic N) is 2. The molecule has 4 heteroatoms. The first-order valence-electron chi connectivity index (χ1n) is 3.58. The summed E-state index contributed by atoms with van der Waals surface area (Å²) < 4.78 is 0. The normalized spacial score (nSPS) is 20.3. The van der Waals surface area contributed by atoms with Crippen LogP contribution in [-0.4, -0.2) is 17.5 Å². The Morgan fingerprint density at radius 1 is 1.90 bits per heavy atom. The lowest BCUT2D eigenvalue weighted by Gasteiger charge is -2.15. The van der Waals surface area contributed by atoms with E-state index in [1.165, 1.54) is 0 Å². The summed E-state index contributed by atoms with van der Waals surface area (Å²) in [5.74, 6) is 7.01. The Balaban J connectivity index is 2.53. The van der Waals surface area contributed by atoms with E-state index in [0.29, 0.717) is 12.6 Å². The second-order valence-corrected chi connectivity index (χ2v) is 2.57. The average Bonchev–Trinajstić information content (AvgIpc) is 2.34. The Bertz CT molecular complexity index is 143. The SMILES string of the molecule is CCC(C)C1=NNCN1N. The van der Waals surface area contributed by atoms with E-state index < -0.39 is 0 Å². The number of hydrazone groups is 1. The van der Waals surface area contributed by atoms with Crippen molar-refractivity contribution >= 4 is 5.84 Å². The molecular weight excluding hydrogens is 128 g/mol. The fourth-order valence-corrected chi connectivity index (χ4v) is 0.914. The van der Waals surface area contributed by atoms with E-state index >= 15 is 0 Å². The Morgan fingerprint density at radius 3 is 3.00 bits per heavy atom. The van der Waals surface area contributed by atoms with E-state index in [-0.39, 0.29) is 0 Å². The topological polar surface area (TPSA) is 53.7 Å². The maximum absolute atomic E-state index is 5.60. The minimum Gasteiger partial charge on any atom is -0.287 e. The number of nitrogens with one attached hydrogen (secondary N) is 1. The molecule has 0 amide bonds. The summed E-state index contributed by atoms with van der Waals surface area (Å²) in [4.78, 5) is 0. The van der Waals surface area contributed by atoms with Gasteiger partial charge in [0.1, 0.15) is 12.5 Å². The minimum absolute atomic E-state index is 0.458. The molecule has 4 nitrogen and oxygen atoms in total. The van der Waals surface area contributed by atoms with E-state index in [2.05, 4.69) is 24.4 Å². The Morgan fingerprint density at radius 2 is 2.60 bits per heavy atom. The lowest BCUT2D eigenvalue weighted by Crippen LogP contribution is -2.38. The van der Waals surface area contributed by atoms with Crippen molar-refractivity contribution in [3.63, 3.8) is 0 Å². The molecule has 0 aromatic heterocycles. The monoisotopic (exact) mass is 142 g/mol. The van der Waals surface area contributed by atoms with Crippen molar-refractivity contribution < 1.29 is 0 Å². The predicted octanol–water partition coefficient (Wildman–Crippen LogP) is 0.0824. The van der Waals surface area contributed by atoms with Gasteiger partial charge in [-0.25, -0.2) is 5.84 Å². The van der Waals surface area contributed by atoms with Crippen LogP contribution in [-0.2, 0) is 0 Å². The van der Waals surface area contributed by atoms with Gasteiger partial charge in [0, 0.05) is 5.92 Å². The third-order valence-electron chi connectivity index (χ3n) is 1.78. The molecule has 1 atom stereocenters. The third kappa shape index (κ3) is 1.21. The van der Waals surface area contributed by atoms with Crippen LogP contribution in [0.3, 0.4) is 0 Å². The lowest BCUT2D eigenvalue weighted by atomic mass is 10.1. The van der Waals surface area contributed by atoms with Gasteiger partial charge in [0.2, 0.25) is 0 Å². The van der Waals surface area contributed by atoms with Crippen molar-refractivity contribution in [1.82, 2.24) is 10.4 Å². The van der Waals surface area contributed by atoms with Gasteiger partial charge in [0.05, 0.1) is 0 Å². The van der Waals surface area contributed by atoms with Crippen LogP contribution in [0.15, 0.2) is 5.10 Å². The van der Waals surface area contributed by atoms with Gasteiger partial charge < -0.3 is 0 Å². The van der Waals surface area contributed by atoms with Gasteiger partial charge in [-0.2, -0.15) is 5.10 Å². The van der Waals surface area contributed by atoms with Gasteiger partial charge in [-0.15, -0.1) is 0 Å². The van der Waals surface area contributed by atoms with Gasteiger partial charge in [-0.3, -0.25) is 10.4 Å². The van der Waals surface area contributed by atoms with Crippen LogP contribution >= 0.6 is 0 Å². The van der Waals surface area contributed by atoms with Crippen LogP contribution < -0.4 is 11.3 Å². The second kappa shape index (κ2) is 2.88. The summed E-state index contributed by atoms with van der Waals surface area (Å²) in [7, 11) is 0. The molecule has 0 aromatic carbocycles. The van der Waals surface area contributed by atoms with E-state index in [4.69, 9.17) is 5.84 Å². The average molecular weight is 142 g/mol. The molecule has 1 aliphatic rings. The molecule has 0 bridgehead atoms. The smallest absolute Gasteiger partial charge is 0.143 e. The fraction of sp³-hybridized carbons (Fsp3) is 0.833. The number of hydrogen-bond acceptors (Lipinski definition) is 4. The van der Waals surface area contributed by atoms with Crippen LogP contribution in [0.1, 0.15) is 20.3 Å². The van der Waals surface area contributed by atoms with Crippen molar-refractivity contribution in [1.29, 1.82) is 0 Å². The van der Waals surface area contributed by atoms with Gasteiger partial charge in [-0.05, 0) is 6.42 Å². The first-order chi connectivity index (χ1) is 4.75. The number of hydrogen-bond donors (Lipinski definition) is 2. The molecule has 0 aromatic rings. The van der Waals surface area contributed by atoms with E-state index in [1.54, 1.807) is 5.01 Å². The fourth-order valence-electron chi connectivity index (χ4n) is 0.914. The maximum atomic E-state index is 5.60. The zero-order valence-electron chi connectivity index (χ0n) is 6.46. The van der Waals surface area contributed by atoms with Crippen molar-refractivity contribution in [2.45, 2.75) is 20.3 Å². The number of amidine groups is 1. The molecule has 10 heavy (non-hydrogen) atoms. The summed E-state index contributed by atoms with van der Waals surface area (Å²) in [6.07, 6.45) is 1.08. The molecule has 1 rings (SSSR count). The Hall–Kier alpha value is -0.770. The van der Waals surface area contributed by atoms with Crippen LogP contribution in [0.5, 0.6) is 0 Å². The van der Waals surface area contributed by atoms with E-state index in [9.17, 15) is 0 Å². The Labute approximate surface area is 61.0 Å². The van der Waals surface area contributed by atoms with Crippen LogP contribution in [0, 0.1) is 5.92 Å². The molecule has 1 heterocycles. The highest BCUT2D eigenvalue weighted by Gasteiger charge is 2.17. The molecule has 0 spiro atoms. The molecule has 3 N–H and O–H groups in total. The second-order valence-electron chi connectivity index (χ2n) is 2.57. The zero-order valence-corrected chi connectivity index (χ0v) is 6.46. The predicted molar refractivity (Wildman–Crippen MR) is 40.9 cm³/mol. The highest BCUT2D eigenvalue weighted by atomic mass is 15.6. The lowest BCUT2D eigenvalue weighted by molar-refractivity contribution is 0.425. The summed E-state index contributed by atoms with van der Waals surface area (Å²) in [6, 6.07) is 0. The van der Waals surface area contributed by atoms with Crippen molar-refractivity contribution in [2.24, 2.45) is 16.9 Å². The third-order valence-corrected chi connectivity index (χ3v) is 1.78. The molecular formula is C6H14N4. The summed E-state index contributed by atoms with van der Waals surface area (Å²) in [5.41, 5.74) is 2.83. The maximum Gasteiger partial charge on any atom is 0.143 e. The summed E-state index contributed by atoms with van der Waals surface area (Å²) in [5, 5.41) is 5.70. The molecule has 0 saturated carbocycles. The largest absolute Gasteiger partial charge is 0.287 e. The Kier molecular flexibility index (Phi) is 2.11. The standard InChI is InChI=1S/C6H14N4/c1-3-5(2)6-9-8-4-10(6)7/h5,8H,3-4,7H2,1-2H3. The first kappa shape index (κ1) is 7.34. The first-order valence-corrected chi connectivity index (χ1v) is 3.58. The quantitative estimate of drug-likeness (QED) is 0.537. The highest BCUT2D eigenvalue weighted by molar-refractivity contribution is 5.84. The van der Waals surface area contributed by atoms with Crippen molar-refractivity contribution in [3.8, 4) is 0 Å². The van der Waals surface area contributed by atoms with Crippen LogP contribution in [0.2, 0.25) is 0 Å². The van der Waals surface area contributed by atoms with Crippen LogP contribution in [0.4, 0.5) is 0 Å². The molecule has 0 saturated heterocycles. The number of rotatable bonds is 2. The van der Waals surface area contributed by atoms with Crippen molar-refractivity contribution in [2.75, 3.05) is 6.67 Å². The van der Waals surface area contributed by atoms with Gasteiger partial charge in [0.25, 0.3) is 0 Å². The van der Waals surface area contributed by atoms with Gasteiger partial charge >= 0.3 is 0 Å². The molecule has 1 aliphatic heterocycles. The van der Waals surface area contributed by atoms with Crippen LogP contribution in [0.25, 0.3) is 0 Å². The molecule has 58 valence electrons. The van der Waals surface area contributed by atoms with Gasteiger partial charge in [-0.1, -0.05) is 13.8 Å². The number of nitrogens with two attached hydrogens (primary N) is 1. The molecule has 1 unspecified atom stereocenters. The number of hydrazine groups is 1. The highest BCUT2D eigenvalue weighted by Crippen LogP contribution is 2.07. The molecule has 0 radical (unpaired) electrons. The molecule has 0 aliphatic carbocycles. The minimum atomic E-state index is 0.458. The van der Waals surface area contributed by atoms with Gasteiger partial charge in [0.15, 0.2) is 0 Å². The summed E-state index contributed by atoms with van der Waals surface area (Å²) >= 11 is 0. The summed E-state index contributed by atoms with van der Waals surface area (Å²) in [6.45, 7) is 4.88. The van der Waals surface area contributed by atoms with E-state index in [0.717, 1.165) is 12.3 Å². The molecule has 0 fully saturated rings. The van der Waals surface area contributed by atoms with Crippen molar-refractivity contribution in [3.05, 3.63) is 0 Å².